The van der Waals surface area contributed by atoms with Crippen LogP contribution in [0.2, 0.25) is 0 Å². The zero-order valence-corrected chi connectivity index (χ0v) is 10.5. The Morgan fingerprint density at radius 3 is 2.67 bits per heavy atom. The Balaban J connectivity index is 1.91. The van der Waals surface area contributed by atoms with Crippen LogP contribution in [0.25, 0.3) is 0 Å². The van der Waals surface area contributed by atoms with Crippen LogP contribution in [0.1, 0.15) is 4.88 Å². The van der Waals surface area contributed by atoms with Gasteiger partial charge in [0.15, 0.2) is 6.61 Å². The maximum atomic E-state index is 8.40. The van der Waals surface area contributed by atoms with E-state index < -0.39 is 0 Å². The van der Waals surface area contributed by atoms with Crippen LogP contribution in [-0.4, -0.2) is 6.61 Å². The monoisotopic (exact) mass is 259 g/mol. The maximum absolute atomic E-state index is 8.40. The van der Waals surface area contributed by atoms with Crippen molar-refractivity contribution in [3.8, 4) is 11.8 Å². The molecule has 0 aliphatic rings. The highest BCUT2D eigenvalue weighted by atomic mass is 32.1. The molecule has 5 heteroatoms. The van der Waals surface area contributed by atoms with Gasteiger partial charge in [0.2, 0.25) is 0 Å². The van der Waals surface area contributed by atoms with E-state index in [4.69, 9.17) is 15.7 Å². The van der Waals surface area contributed by atoms with Crippen molar-refractivity contribution in [2.45, 2.75) is 6.54 Å². The van der Waals surface area contributed by atoms with Crippen molar-refractivity contribution in [3.63, 3.8) is 0 Å². The quantitative estimate of drug-likeness (QED) is 0.866. The third-order valence-corrected chi connectivity index (χ3v) is 3.33. The molecule has 0 unspecified atom stereocenters. The molecule has 4 nitrogen and oxygen atoms in total. The van der Waals surface area contributed by atoms with E-state index in [1.54, 1.807) is 11.3 Å². The minimum atomic E-state index is 0.0680. The van der Waals surface area contributed by atoms with E-state index in [1.165, 1.54) is 0 Å². The predicted octanol–water partition coefficient (Wildman–Crippen LogP) is 2.84. The number of thiophene rings is 1. The van der Waals surface area contributed by atoms with Crippen molar-refractivity contribution in [1.29, 1.82) is 5.26 Å². The number of nitrogen functional groups attached to an aromatic ring is 1. The first-order chi connectivity index (χ1) is 8.79. The predicted molar refractivity (Wildman–Crippen MR) is 73.6 cm³/mol. The molecule has 0 amide bonds. The Kier molecular flexibility index (Phi) is 4.05. The van der Waals surface area contributed by atoms with Crippen molar-refractivity contribution < 1.29 is 4.74 Å². The molecule has 1 aromatic carbocycles. The molecule has 1 aromatic heterocycles. The van der Waals surface area contributed by atoms with Gasteiger partial charge in [-0.05, 0) is 35.7 Å². The lowest BCUT2D eigenvalue weighted by Gasteiger charge is -2.07. The Bertz CT molecular complexity index is 542. The first kappa shape index (κ1) is 12.3. The molecule has 0 radical (unpaired) electrons. The number of hydrogen-bond acceptors (Lipinski definition) is 5. The lowest BCUT2D eigenvalue weighted by atomic mass is 10.3. The fourth-order valence-electron chi connectivity index (χ4n) is 1.46. The van der Waals surface area contributed by atoms with Gasteiger partial charge in [-0.15, -0.1) is 11.3 Å². The second-order valence-corrected chi connectivity index (χ2v) is 4.62. The molecule has 0 saturated carbocycles. The van der Waals surface area contributed by atoms with Crippen molar-refractivity contribution >= 4 is 22.7 Å². The lowest BCUT2D eigenvalue weighted by molar-refractivity contribution is 0.368. The number of nitriles is 1. The van der Waals surface area contributed by atoms with Crippen molar-refractivity contribution in [2.75, 3.05) is 17.7 Å². The van der Waals surface area contributed by atoms with Gasteiger partial charge in [-0.3, -0.25) is 0 Å². The number of ether oxygens (including phenoxy) is 1. The number of rotatable bonds is 5. The molecule has 0 fully saturated rings. The summed E-state index contributed by atoms with van der Waals surface area (Å²) in [6, 6.07) is 11.3. The number of anilines is 2. The highest BCUT2D eigenvalue weighted by Crippen LogP contribution is 2.21. The Hall–Kier alpha value is -2.19. The van der Waals surface area contributed by atoms with Crippen LogP contribution < -0.4 is 15.8 Å². The van der Waals surface area contributed by atoms with Gasteiger partial charge in [0, 0.05) is 16.3 Å². The smallest absolute Gasteiger partial charge is 0.174 e. The number of nitrogens with one attached hydrogen (secondary N) is 1. The molecular weight excluding hydrogens is 246 g/mol. The van der Waals surface area contributed by atoms with Crippen LogP contribution in [0.15, 0.2) is 35.7 Å². The van der Waals surface area contributed by atoms with Gasteiger partial charge in [0.05, 0.1) is 6.54 Å². The number of hydrogen-bond donors (Lipinski definition) is 2. The minimum absolute atomic E-state index is 0.0680. The largest absolute Gasteiger partial charge is 0.479 e. The summed E-state index contributed by atoms with van der Waals surface area (Å²) < 4.78 is 5.17. The molecule has 0 spiro atoms. The third kappa shape index (κ3) is 3.15. The molecule has 0 aliphatic heterocycles. The first-order valence-electron chi connectivity index (χ1n) is 5.45. The van der Waals surface area contributed by atoms with Gasteiger partial charge in [-0.2, -0.15) is 5.26 Å². The van der Waals surface area contributed by atoms with Gasteiger partial charge in [0.1, 0.15) is 11.8 Å². The van der Waals surface area contributed by atoms with E-state index in [9.17, 15) is 0 Å². The van der Waals surface area contributed by atoms with E-state index in [-0.39, 0.29) is 6.61 Å². The van der Waals surface area contributed by atoms with Crippen molar-refractivity contribution in [3.05, 3.63) is 40.6 Å². The summed E-state index contributed by atoms with van der Waals surface area (Å²) in [6.07, 6.45) is 0. The molecule has 0 bridgehead atoms. The maximum Gasteiger partial charge on any atom is 0.174 e. The molecule has 18 heavy (non-hydrogen) atoms. The van der Waals surface area contributed by atoms with E-state index in [1.807, 2.05) is 41.8 Å². The topological polar surface area (TPSA) is 71.1 Å². The van der Waals surface area contributed by atoms with E-state index in [2.05, 4.69) is 5.32 Å². The number of nitrogens with zero attached hydrogens (tertiary/aromatic N) is 1. The average molecular weight is 259 g/mol. The van der Waals surface area contributed by atoms with E-state index in [0.29, 0.717) is 12.3 Å². The van der Waals surface area contributed by atoms with E-state index in [0.717, 1.165) is 16.3 Å². The molecule has 1 heterocycles. The zero-order valence-electron chi connectivity index (χ0n) is 9.72. The Morgan fingerprint density at radius 1 is 1.28 bits per heavy atom. The second kappa shape index (κ2) is 5.94. The van der Waals surface area contributed by atoms with Gasteiger partial charge < -0.3 is 15.8 Å². The summed E-state index contributed by atoms with van der Waals surface area (Å²) in [7, 11) is 0. The van der Waals surface area contributed by atoms with Gasteiger partial charge in [0.25, 0.3) is 0 Å². The van der Waals surface area contributed by atoms with E-state index >= 15 is 0 Å². The van der Waals surface area contributed by atoms with Crippen LogP contribution in [-0.2, 0) is 6.54 Å². The Morgan fingerprint density at radius 2 is 2.06 bits per heavy atom. The normalized spacial score (nSPS) is 9.72. The standard InChI is InChI=1S/C13H13N3OS/c14-6-7-17-11-3-1-10(2-4-11)16-9-13-12(15)5-8-18-13/h1-5,8,16H,7,9,15H2. The summed E-state index contributed by atoms with van der Waals surface area (Å²) >= 11 is 1.63. The van der Waals surface area contributed by atoms with Gasteiger partial charge in [-0.1, -0.05) is 0 Å². The van der Waals surface area contributed by atoms with Crippen molar-refractivity contribution in [2.24, 2.45) is 0 Å². The minimum Gasteiger partial charge on any atom is -0.479 e. The summed E-state index contributed by atoms with van der Waals surface area (Å²) in [6.45, 7) is 0.778. The van der Waals surface area contributed by atoms with Crippen LogP contribution in [0.5, 0.6) is 5.75 Å². The highest BCUT2D eigenvalue weighted by Gasteiger charge is 2.00. The number of benzene rings is 1. The highest BCUT2D eigenvalue weighted by molar-refractivity contribution is 7.10. The fraction of sp³-hybridized carbons (Fsp3) is 0.154. The molecule has 2 aromatic rings. The molecule has 92 valence electrons. The summed E-state index contributed by atoms with van der Waals surface area (Å²) in [5.41, 5.74) is 7.62. The number of nitrogens with two attached hydrogens (primary N) is 1. The molecule has 3 N–H and O–H groups in total. The van der Waals surface area contributed by atoms with Crippen LogP contribution >= 0.6 is 11.3 Å². The SMILES string of the molecule is N#CCOc1ccc(NCc2sccc2N)cc1. The average Bonchev–Trinajstić information content (AvgIpc) is 2.81. The van der Waals surface area contributed by atoms with Crippen LogP contribution in [0.3, 0.4) is 0 Å². The van der Waals surface area contributed by atoms with Gasteiger partial charge in [-0.25, -0.2) is 0 Å². The molecule has 2 rings (SSSR count). The molecule has 0 saturated heterocycles. The second-order valence-electron chi connectivity index (χ2n) is 3.62. The zero-order chi connectivity index (χ0) is 12.8. The fourth-order valence-corrected chi connectivity index (χ4v) is 2.20. The summed E-state index contributed by atoms with van der Waals surface area (Å²) in [5, 5.41) is 13.7. The molecule has 0 aliphatic carbocycles. The lowest BCUT2D eigenvalue weighted by Crippen LogP contribution is -2.00. The van der Waals surface area contributed by atoms with Crippen LogP contribution in [0, 0.1) is 11.3 Å². The van der Waals surface area contributed by atoms with Crippen molar-refractivity contribution in [1.82, 2.24) is 0 Å². The third-order valence-electron chi connectivity index (χ3n) is 2.39. The molecule has 0 atom stereocenters. The summed E-state index contributed by atoms with van der Waals surface area (Å²) in [4.78, 5) is 1.12. The first-order valence-corrected chi connectivity index (χ1v) is 6.33. The summed E-state index contributed by atoms with van der Waals surface area (Å²) in [5.74, 6) is 0.692. The Labute approximate surface area is 110 Å². The van der Waals surface area contributed by atoms with Gasteiger partial charge >= 0.3 is 0 Å². The molecular formula is C13H13N3OS. The van der Waals surface area contributed by atoms with Crippen LogP contribution in [0.4, 0.5) is 11.4 Å².